The number of benzene rings is 1. The van der Waals surface area contributed by atoms with Gasteiger partial charge >= 0.3 is 0 Å². The number of nitrogens with zero attached hydrogens (tertiary/aromatic N) is 8. The molecule has 120 heavy (non-hydrogen) atoms. The van der Waals surface area contributed by atoms with E-state index in [0.717, 1.165) is 57.3 Å². The third-order valence-corrected chi connectivity index (χ3v) is 39.1. The smallest absolute Gasteiger partial charge is 0.225 e. The number of sulfone groups is 2. The van der Waals surface area contributed by atoms with Crippen LogP contribution in [-0.4, -0.2) is 307 Å². The quantitative estimate of drug-likeness (QED) is 0.0617. The summed E-state index contributed by atoms with van der Waals surface area (Å²) in [7, 11) is -22.6. The number of aliphatic hydroxyl groups is 2. The Morgan fingerprint density at radius 2 is 0.808 bits per heavy atom. The van der Waals surface area contributed by atoms with Crippen molar-refractivity contribution in [2.24, 2.45) is 11.1 Å². The highest BCUT2D eigenvalue weighted by Gasteiger charge is 2.38. The van der Waals surface area contributed by atoms with Crippen LogP contribution in [0.4, 0.5) is 0 Å². The number of carbonyl (C=O) groups excluding carboxylic acids is 1. The first-order chi connectivity index (χ1) is 54.1. The Balaban J connectivity index is -0.000000233. The zero-order chi connectivity index (χ0) is 96.8. The first kappa shape index (κ1) is 130. The van der Waals surface area contributed by atoms with E-state index in [-0.39, 0.29) is 84.4 Å². The average molecular weight is 1920 g/mol. The lowest BCUT2D eigenvalue weighted by atomic mass is 10.1. The predicted octanol–water partition coefficient (Wildman–Crippen LogP) is 8.86. The Hall–Kier alpha value is -3.06. The van der Waals surface area contributed by atoms with Crippen LogP contribution in [-0.2, 0) is 105 Å². The van der Waals surface area contributed by atoms with Gasteiger partial charge in [0, 0.05) is 116 Å². The van der Waals surface area contributed by atoms with Gasteiger partial charge < -0.3 is 15.1 Å². The van der Waals surface area contributed by atoms with E-state index in [9.17, 15) is 89.0 Å². The number of hydrogen-bond donors (Lipinski definition) is 4. The van der Waals surface area contributed by atoms with Gasteiger partial charge in [0.1, 0.15) is 9.84 Å². The number of amides is 1. The monoisotopic (exact) mass is 1920 g/mol. The molecule has 1 saturated carbocycles. The molecule has 3 aliphatic rings. The molecule has 3 fully saturated rings. The van der Waals surface area contributed by atoms with E-state index in [1.807, 2.05) is 77.8 Å². The molecule has 5 rings (SSSR count). The molecule has 0 unspecified atom stereocenters. The summed E-state index contributed by atoms with van der Waals surface area (Å²) in [5.41, 5.74) is 1.16. The van der Waals surface area contributed by atoms with Crippen LogP contribution in [0.5, 0.6) is 0 Å². The normalized spacial score (nSPS) is 15.7. The number of rotatable bonds is 28. The number of carbonyl (C=O) groups is 1. The molecule has 2 aliphatic heterocycles. The van der Waals surface area contributed by atoms with E-state index < -0.39 is 105 Å². The second kappa shape index (κ2) is 61.4. The second-order valence-corrected chi connectivity index (χ2v) is 56.5. The van der Waals surface area contributed by atoms with Crippen molar-refractivity contribution in [1.29, 1.82) is 0 Å². The average Bonchev–Trinajstić information content (AvgIpc) is 1.62. The number of primary sulfonamides is 1. The van der Waals surface area contributed by atoms with E-state index in [4.69, 9.17) is 10.2 Å². The van der Waals surface area contributed by atoms with Crippen molar-refractivity contribution >= 4 is 106 Å². The molecule has 1 amide bonds. The van der Waals surface area contributed by atoms with Crippen molar-refractivity contribution in [2.75, 3.05) is 101 Å². The standard InChI is InChI=1S/C9H12O2S.2C8H17NO3S.C8H17NO.C8H11N.C7H15NO2S.C7H17NO2S.C6H15NO2S.C5H13NO2S.C4H11NO2S.C4H10O2S.C3H9NO2S/c1-8(2)12(10,11)9-6-4-3-5-7-9;2*1-7(2)13(11,12)9-5-3-4-8(9)6-10;1-5-9(6-2)8(10)7(3)4;1-7(2)8-5-3-4-6-9-8;1-6(2)11(9,10)8(3)7-4-5-7;1-5-8(6-2)11(9,10)7(3)4;1-5-7(4)10(8,9)6(2)3;1-5(2)9(7,8)6(3)4;1-4(2)8(6,7)5-3;1-4(2)7(3,5)6;1-3(2)7(4,5)6/h3-8H,1-2H3;2*7-8,10H,3-6H2,1-2H3;7H,5-6H2,1-4H3;3-7H,1-2H3;6-7H,4-5H2,1-3H3;7H,5-6H2,1-4H3;6H,5H2,1-4H3;5H,1-4H3;4-5H,1-3H3;4H,1-3H3;3H,1-2H3,(H2,4,5,6)/t;2*8-;;;;;;;;;/m.10........./s1. The fourth-order valence-electron chi connectivity index (χ4n) is 8.75. The maximum absolute atomic E-state index is 11.7. The summed E-state index contributed by atoms with van der Waals surface area (Å²) in [6.45, 7) is 55.2. The van der Waals surface area contributed by atoms with Crippen LogP contribution in [0.15, 0.2) is 59.6 Å². The fourth-order valence-corrected chi connectivity index (χ4v) is 17.9. The summed E-state index contributed by atoms with van der Waals surface area (Å²) in [5.74, 6) is 0.941. The van der Waals surface area contributed by atoms with E-state index >= 15 is 0 Å². The van der Waals surface area contributed by atoms with Crippen LogP contribution in [0.2, 0.25) is 0 Å². The topological polar surface area (TPSA) is 473 Å². The molecule has 2 atom stereocenters. The van der Waals surface area contributed by atoms with Crippen LogP contribution in [0.1, 0.15) is 251 Å². The molecule has 0 radical (unpaired) electrons. The van der Waals surface area contributed by atoms with Gasteiger partial charge in [0.05, 0.1) is 70.6 Å². The Morgan fingerprint density at radius 1 is 0.458 bits per heavy atom. The number of sulfonamides is 8. The lowest BCUT2D eigenvalue weighted by Gasteiger charge is -2.24. The van der Waals surface area contributed by atoms with Crippen molar-refractivity contribution in [3.8, 4) is 0 Å². The molecule has 2 aromatic rings. The Morgan fingerprint density at radius 3 is 0.975 bits per heavy atom. The molecule has 5 N–H and O–H groups in total. The van der Waals surface area contributed by atoms with E-state index in [0.29, 0.717) is 49.6 Å². The lowest BCUT2D eigenvalue weighted by molar-refractivity contribution is -0.134. The minimum Gasteiger partial charge on any atom is -0.395 e. The molecule has 1 aromatic carbocycles. The summed E-state index contributed by atoms with van der Waals surface area (Å²) in [6.07, 6.45) is 8.40. The Labute approximate surface area is 732 Å². The summed E-state index contributed by atoms with van der Waals surface area (Å²) in [5, 5.41) is 19.3. The molecular weight excluding hydrogens is 1750 g/mol. The SMILES string of the molecule is CC(C)S(=O)(=O)N(C)C.CC(C)S(=O)(=O)N(C)C1CC1.CC(C)S(=O)(=O)N1CCC[C@@H]1CO.CC(C)S(=O)(=O)N1CCC[C@H]1CO.CC(C)S(=O)(=O)c1ccccc1.CC(C)S(C)(=O)=O.CC(C)S(N)(=O)=O.CC(C)c1ccccn1.CCN(C)S(=O)(=O)C(C)C.CCN(CC)C(=O)C(C)C.CCN(CC)S(=O)(=O)C(C)C.CNS(=O)(=O)C(C)C. The molecule has 43 heteroatoms. The van der Waals surface area contributed by atoms with Gasteiger partial charge in [-0.3, -0.25) is 9.78 Å². The summed E-state index contributed by atoms with van der Waals surface area (Å²) in [4.78, 5) is 17.7. The summed E-state index contributed by atoms with van der Waals surface area (Å²) >= 11 is 0. The Bertz CT molecular complexity index is 4140. The zero-order valence-electron chi connectivity index (χ0n) is 79.2. The number of nitrogens with one attached hydrogen (secondary N) is 1. The largest absolute Gasteiger partial charge is 0.395 e. The van der Waals surface area contributed by atoms with Crippen LogP contribution in [0.3, 0.4) is 0 Å². The first-order valence-corrected chi connectivity index (χ1v) is 56.5. The fraction of sp³-hybridized carbons (Fsp3) is 0.844. The van der Waals surface area contributed by atoms with E-state index in [1.165, 1.54) is 67.1 Å². The van der Waals surface area contributed by atoms with Gasteiger partial charge in [-0.05, 0) is 228 Å². The number of pyridine rings is 1. The molecule has 3 heterocycles. The highest BCUT2D eigenvalue weighted by Crippen LogP contribution is 2.29. The molecule has 720 valence electrons. The van der Waals surface area contributed by atoms with Crippen LogP contribution >= 0.6 is 0 Å². The second-order valence-electron chi connectivity index (χ2n) is 31.6. The van der Waals surface area contributed by atoms with Gasteiger partial charge in [0.25, 0.3) is 0 Å². The number of hydrogen-bond acceptors (Lipinski definition) is 24. The summed E-state index contributed by atoms with van der Waals surface area (Å²) < 4.78 is 233. The Kier molecular flexibility index (Phi) is 66.5. The van der Waals surface area contributed by atoms with Crippen molar-refractivity contribution in [3.63, 3.8) is 0 Å². The summed E-state index contributed by atoms with van der Waals surface area (Å²) in [6, 6.07) is 14.4. The first-order valence-electron chi connectivity index (χ1n) is 40.8. The number of aliphatic hydroxyl groups excluding tert-OH is 2. The molecule has 33 nitrogen and oxygen atoms in total. The van der Waals surface area contributed by atoms with Crippen LogP contribution in [0.25, 0.3) is 0 Å². The van der Waals surface area contributed by atoms with Crippen molar-refractivity contribution in [2.45, 2.75) is 321 Å². The lowest BCUT2D eigenvalue weighted by Crippen LogP contribution is -2.41. The van der Waals surface area contributed by atoms with Gasteiger partial charge in [-0.15, -0.1) is 0 Å². The molecule has 1 aromatic heterocycles. The zero-order valence-corrected chi connectivity index (χ0v) is 87.3. The van der Waals surface area contributed by atoms with Gasteiger partial charge in [-0.2, -0.15) is 8.61 Å². The van der Waals surface area contributed by atoms with Gasteiger partial charge in [-0.1, -0.05) is 72.7 Å². The maximum Gasteiger partial charge on any atom is 0.225 e. The van der Waals surface area contributed by atoms with Gasteiger partial charge in [0.15, 0.2) is 9.84 Å². The number of aromatic nitrogens is 1. The molecule has 0 bridgehead atoms. The molecule has 2 saturated heterocycles. The minimum atomic E-state index is -3.24. The van der Waals surface area contributed by atoms with Crippen molar-refractivity contribution in [1.82, 2.24) is 40.4 Å². The highest BCUT2D eigenvalue weighted by molar-refractivity contribution is 7.93. The van der Waals surface area contributed by atoms with E-state index in [2.05, 4.69) is 28.7 Å². The maximum atomic E-state index is 11.7. The molecular formula is C77H164N10O23S10. The van der Waals surface area contributed by atoms with Crippen LogP contribution in [0, 0.1) is 5.92 Å². The predicted molar refractivity (Wildman–Crippen MR) is 495 cm³/mol. The third-order valence-electron chi connectivity index (χ3n) is 18.2. The van der Waals surface area contributed by atoms with Crippen molar-refractivity contribution < 1.29 is 99.2 Å². The van der Waals surface area contributed by atoms with Crippen molar-refractivity contribution in [3.05, 3.63) is 60.4 Å². The highest BCUT2D eigenvalue weighted by atomic mass is 32.2. The van der Waals surface area contributed by atoms with Gasteiger partial charge in [-0.25, -0.2) is 111 Å². The number of nitrogens with two attached hydrogens (primary N) is 1. The third kappa shape index (κ3) is 51.1. The molecule has 0 spiro atoms. The van der Waals surface area contributed by atoms with E-state index in [1.54, 1.807) is 169 Å². The van der Waals surface area contributed by atoms with Gasteiger partial charge in [0.2, 0.25) is 86.1 Å². The molecule has 1 aliphatic carbocycles. The minimum absolute atomic E-state index is 0.0635. The van der Waals surface area contributed by atoms with Crippen LogP contribution < -0.4 is 9.86 Å².